The van der Waals surface area contributed by atoms with Gasteiger partial charge in [-0.2, -0.15) is 4.98 Å². The number of likely N-dealkylation sites (N-methyl/N-ethyl adjacent to an activating group) is 1. The van der Waals surface area contributed by atoms with Crippen molar-refractivity contribution in [2.24, 2.45) is 5.92 Å². The number of fused-ring (bicyclic) bond motifs is 1. The largest absolute Gasteiger partial charge is 0.495 e. The molecule has 4 amide bonds. The van der Waals surface area contributed by atoms with Gasteiger partial charge in [-0.1, -0.05) is 25.0 Å². The first kappa shape index (κ1) is 40.5. The third-order valence-corrected chi connectivity index (χ3v) is 13.3. The number of hydrazine groups is 1. The third-order valence-electron chi connectivity index (χ3n) is 13.3. The molecule has 1 saturated carbocycles. The van der Waals surface area contributed by atoms with E-state index >= 15 is 0 Å². The highest BCUT2D eigenvalue weighted by Crippen LogP contribution is 2.40. The Balaban J connectivity index is 0.800. The van der Waals surface area contributed by atoms with Crippen molar-refractivity contribution in [3.8, 4) is 5.75 Å². The molecule has 3 N–H and O–H groups in total. The number of nitrogens with zero attached hydrogens (tertiary/aromatic N) is 7. The molecule has 8 rings (SSSR count). The predicted molar refractivity (Wildman–Crippen MR) is 227 cm³/mol. The van der Waals surface area contributed by atoms with E-state index in [1.807, 2.05) is 30.1 Å². The molecule has 5 aliphatic rings. The third kappa shape index (κ3) is 8.72. The van der Waals surface area contributed by atoms with Crippen LogP contribution in [0.3, 0.4) is 0 Å². The number of imide groups is 1. The molecule has 0 bridgehead atoms. The maximum atomic E-state index is 13.4. The van der Waals surface area contributed by atoms with E-state index in [0.29, 0.717) is 53.4 Å². The molecule has 3 saturated heterocycles. The second-order valence-electron chi connectivity index (χ2n) is 17.0. The summed E-state index contributed by atoms with van der Waals surface area (Å²) in [4.78, 5) is 68.6. The second kappa shape index (κ2) is 17.5. The summed E-state index contributed by atoms with van der Waals surface area (Å²) in [6.45, 7) is 6.57. The highest BCUT2D eigenvalue weighted by Gasteiger charge is 2.40. The summed E-state index contributed by atoms with van der Waals surface area (Å²) < 4.78 is 5.72. The van der Waals surface area contributed by atoms with Crippen molar-refractivity contribution in [2.75, 3.05) is 73.9 Å². The minimum Gasteiger partial charge on any atom is -0.495 e. The van der Waals surface area contributed by atoms with Crippen LogP contribution in [-0.4, -0.2) is 116 Å². The van der Waals surface area contributed by atoms with Crippen molar-refractivity contribution in [3.63, 3.8) is 0 Å². The summed E-state index contributed by atoms with van der Waals surface area (Å²) in [5, 5.41) is 7.78. The fourth-order valence-electron chi connectivity index (χ4n) is 9.77. The van der Waals surface area contributed by atoms with Gasteiger partial charge >= 0.3 is 0 Å². The van der Waals surface area contributed by atoms with Gasteiger partial charge in [0.2, 0.25) is 23.7 Å². The van der Waals surface area contributed by atoms with Crippen molar-refractivity contribution in [1.82, 2.24) is 30.6 Å². The number of ether oxygens (including phenoxy) is 1. The molecule has 2 aromatic carbocycles. The number of benzene rings is 2. The van der Waals surface area contributed by atoms with E-state index in [9.17, 15) is 19.2 Å². The van der Waals surface area contributed by atoms with Crippen molar-refractivity contribution in [1.29, 1.82) is 0 Å². The summed E-state index contributed by atoms with van der Waals surface area (Å²) in [5.41, 5.74) is 7.11. The molecular weight excluding hydrogens is 749 g/mol. The number of nitrogens with one attached hydrogen (secondary N) is 3. The van der Waals surface area contributed by atoms with Crippen LogP contribution >= 0.6 is 0 Å². The number of carbonyl (C=O) groups excluding carboxylic acids is 4. The molecule has 59 heavy (non-hydrogen) atoms. The Hall–Kier alpha value is -5.28. The summed E-state index contributed by atoms with van der Waals surface area (Å²) in [6.07, 6.45) is 11.2. The van der Waals surface area contributed by atoms with Gasteiger partial charge in [0.05, 0.1) is 24.9 Å². The number of amides is 4. The lowest BCUT2D eigenvalue weighted by atomic mass is 9.90. The Labute approximate surface area is 346 Å². The van der Waals surface area contributed by atoms with Gasteiger partial charge in [-0.05, 0) is 101 Å². The molecule has 3 aromatic rings. The molecule has 1 unspecified atom stereocenters. The number of carbonyl (C=O) groups is 4. The summed E-state index contributed by atoms with van der Waals surface area (Å²) in [7, 11) is 5.59. The molecule has 4 fully saturated rings. The number of aromatic nitrogens is 2. The lowest BCUT2D eigenvalue weighted by Gasteiger charge is -2.42. The maximum Gasteiger partial charge on any atom is 0.265 e. The van der Waals surface area contributed by atoms with Gasteiger partial charge in [-0.15, -0.1) is 0 Å². The van der Waals surface area contributed by atoms with Crippen LogP contribution in [0, 0.1) is 5.92 Å². The molecule has 4 aliphatic heterocycles. The van der Waals surface area contributed by atoms with E-state index in [0.717, 1.165) is 95.5 Å². The lowest BCUT2D eigenvalue weighted by Crippen LogP contribution is -2.54. The van der Waals surface area contributed by atoms with Crippen LogP contribution in [-0.2, 0) is 14.4 Å². The van der Waals surface area contributed by atoms with Crippen LogP contribution in [0.1, 0.15) is 93.0 Å². The van der Waals surface area contributed by atoms with Gasteiger partial charge < -0.3 is 29.7 Å². The van der Waals surface area contributed by atoms with Gasteiger partial charge in [0.15, 0.2) is 5.82 Å². The summed E-state index contributed by atoms with van der Waals surface area (Å²) in [5.74, 6) is 1.51. The predicted octanol–water partition coefficient (Wildman–Crippen LogP) is 4.82. The molecule has 15 heteroatoms. The molecule has 5 heterocycles. The van der Waals surface area contributed by atoms with Crippen LogP contribution in [0.25, 0.3) is 0 Å². The summed E-state index contributed by atoms with van der Waals surface area (Å²) in [6, 6.07) is 14.1. The lowest BCUT2D eigenvalue weighted by molar-refractivity contribution is -0.134. The Bertz CT molecular complexity index is 2020. The molecule has 0 radical (unpaired) electrons. The monoisotopic (exact) mass is 806 g/mol. The minimum atomic E-state index is -0.305. The highest BCUT2D eigenvalue weighted by molar-refractivity contribution is 6.04. The average Bonchev–Trinajstić information content (AvgIpc) is 3.78. The standard InChI is InChI=1S/C44H58N10O5/c1-28-43(58)51(3)37-26-45-44(48-40(37)54(28)34-7-5-6-8-34)46-36-15-11-31(25-38(36)59-4)41(56)49-53-23-19-32(20-24-53)50(2)27-29-17-21-52(22-18-29)33-12-9-30(10-13-33)35-14-16-39(55)47-42(35)57/h9-13,15,25-26,28-29,32,34-35H,5-8,14,16-24,27H2,1-4H3,(H,49,56)(H,45,46,48)(H,47,55,57)/t28-,35?/m1/s1. The molecule has 15 nitrogen and oxygen atoms in total. The van der Waals surface area contributed by atoms with Gasteiger partial charge in [-0.25, -0.2) is 9.99 Å². The normalized spacial score (nSPS) is 22.5. The van der Waals surface area contributed by atoms with E-state index < -0.39 is 0 Å². The van der Waals surface area contributed by atoms with Crippen LogP contribution in [0.2, 0.25) is 0 Å². The fraction of sp³-hybridized carbons (Fsp3) is 0.545. The van der Waals surface area contributed by atoms with Crippen LogP contribution < -0.4 is 35.5 Å². The molecule has 1 aromatic heterocycles. The summed E-state index contributed by atoms with van der Waals surface area (Å²) >= 11 is 0. The van der Waals surface area contributed by atoms with Gasteiger partial charge in [-0.3, -0.25) is 29.9 Å². The zero-order valence-electron chi connectivity index (χ0n) is 34.8. The fourth-order valence-corrected chi connectivity index (χ4v) is 9.77. The molecule has 314 valence electrons. The van der Waals surface area contributed by atoms with Crippen LogP contribution in [0.5, 0.6) is 5.75 Å². The zero-order chi connectivity index (χ0) is 41.2. The highest BCUT2D eigenvalue weighted by atomic mass is 16.5. The quantitative estimate of drug-likeness (QED) is 0.228. The van der Waals surface area contributed by atoms with Crippen molar-refractivity contribution >= 4 is 52.5 Å². The maximum absolute atomic E-state index is 13.4. The topological polar surface area (TPSA) is 156 Å². The van der Waals surface area contributed by atoms with E-state index in [4.69, 9.17) is 9.72 Å². The Morgan fingerprint density at radius 3 is 2.37 bits per heavy atom. The number of hydrogen-bond acceptors (Lipinski definition) is 12. The van der Waals surface area contributed by atoms with Crippen molar-refractivity contribution < 1.29 is 23.9 Å². The van der Waals surface area contributed by atoms with E-state index in [-0.39, 0.29) is 41.6 Å². The number of anilines is 5. The Morgan fingerprint density at radius 1 is 0.949 bits per heavy atom. The number of methoxy groups -OCH3 is 1. The smallest absolute Gasteiger partial charge is 0.265 e. The van der Waals surface area contributed by atoms with Gasteiger partial charge in [0, 0.05) is 69.5 Å². The molecule has 0 spiro atoms. The van der Waals surface area contributed by atoms with Crippen LogP contribution in [0.15, 0.2) is 48.7 Å². The first-order chi connectivity index (χ1) is 28.6. The Morgan fingerprint density at radius 2 is 1.68 bits per heavy atom. The molecule has 1 aliphatic carbocycles. The Kier molecular flexibility index (Phi) is 12.0. The second-order valence-corrected chi connectivity index (χ2v) is 17.0. The van der Waals surface area contributed by atoms with E-state index in [1.165, 1.54) is 5.69 Å². The minimum absolute atomic E-state index is 0.0419. The first-order valence-corrected chi connectivity index (χ1v) is 21.4. The first-order valence-electron chi connectivity index (χ1n) is 21.4. The van der Waals surface area contributed by atoms with Gasteiger partial charge in [0.1, 0.15) is 17.5 Å². The average molecular weight is 807 g/mol. The van der Waals surface area contributed by atoms with Crippen LogP contribution in [0.4, 0.5) is 28.8 Å². The SMILES string of the molecule is COc1cc(C(=O)NN2CCC(N(C)CC3CCN(c4ccc(C5CCC(=O)NC5=O)cc4)CC3)CC2)ccc1Nc1ncc2c(n1)N(C1CCCC1)[C@H](C)C(=O)N2C. The van der Waals surface area contributed by atoms with Crippen molar-refractivity contribution in [3.05, 3.63) is 59.8 Å². The number of piperidine rings is 3. The number of hydrogen-bond donors (Lipinski definition) is 3. The zero-order valence-corrected chi connectivity index (χ0v) is 34.8. The van der Waals surface area contributed by atoms with Crippen molar-refractivity contribution in [2.45, 2.75) is 95.2 Å². The van der Waals surface area contributed by atoms with Gasteiger partial charge in [0.25, 0.3) is 5.91 Å². The van der Waals surface area contributed by atoms with E-state index in [2.05, 4.69) is 54.9 Å². The van der Waals surface area contributed by atoms with E-state index in [1.54, 1.807) is 37.4 Å². The molecule has 2 atom stereocenters. The molecular formula is C44H58N10O5. The number of rotatable bonds is 11.